The predicted molar refractivity (Wildman–Crippen MR) is 51.5 cm³/mol. The molecule has 0 saturated heterocycles. The number of allylic oxidation sites excluding steroid dienone is 1. The average Bonchev–Trinajstić information content (AvgIpc) is 2.16. The van der Waals surface area contributed by atoms with E-state index in [1.807, 2.05) is 0 Å². The Morgan fingerprint density at radius 3 is 2.85 bits per heavy atom. The van der Waals surface area contributed by atoms with Crippen molar-refractivity contribution < 1.29 is 5.21 Å². The van der Waals surface area contributed by atoms with Crippen molar-refractivity contribution in [1.29, 1.82) is 0 Å². The minimum atomic E-state index is 0.302. The summed E-state index contributed by atoms with van der Waals surface area (Å²) < 4.78 is 0. The van der Waals surface area contributed by atoms with Crippen LogP contribution in [-0.2, 0) is 0 Å². The van der Waals surface area contributed by atoms with Crippen LogP contribution in [0.15, 0.2) is 16.8 Å². The summed E-state index contributed by atoms with van der Waals surface area (Å²) in [6.45, 7) is 4.53. The maximum absolute atomic E-state index is 8.61. The summed E-state index contributed by atoms with van der Waals surface area (Å²) >= 11 is 0. The van der Waals surface area contributed by atoms with Crippen molar-refractivity contribution in [1.82, 2.24) is 0 Å². The van der Waals surface area contributed by atoms with Gasteiger partial charge in [0, 0.05) is 0 Å². The summed E-state index contributed by atoms with van der Waals surface area (Å²) in [5.41, 5.74) is 7.01. The summed E-state index contributed by atoms with van der Waals surface area (Å²) in [5.74, 6) is 1.60. The van der Waals surface area contributed by atoms with Gasteiger partial charge in [-0.15, -0.1) is 0 Å². The number of rotatable bonds is 1. The molecule has 0 heterocycles. The lowest BCUT2D eigenvalue weighted by atomic mass is 9.49. The Hall–Kier alpha value is -0.990. The quantitative estimate of drug-likeness (QED) is 0.279. The van der Waals surface area contributed by atoms with Gasteiger partial charge in [-0.25, -0.2) is 0 Å². The number of nitrogens with two attached hydrogens (primary N) is 1. The first-order valence-electron chi connectivity index (χ1n) is 4.75. The highest BCUT2D eigenvalue weighted by atomic mass is 16.4. The lowest BCUT2D eigenvalue weighted by molar-refractivity contribution is -0.00194. The largest absolute Gasteiger partial charge is 0.409 e. The van der Waals surface area contributed by atoms with Gasteiger partial charge in [0.05, 0.1) is 0 Å². The van der Waals surface area contributed by atoms with E-state index in [1.165, 1.54) is 6.42 Å². The molecule has 0 aromatic rings. The van der Waals surface area contributed by atoms with Gasteiger partial charge in [-0.1, -0.05) is 25.1 Å². The molecule has 1 saturated carbocycles. The lowest BCUT2D eigenvalue weighted by Crippen LogP contribution is -2.50. The molecular formula is C10H16N2O. The lowest BCUT2D eigenvalue weighted by Gasteiger charge is -2.56. The second kappa shape index (κ2) is 2.50. The van der Waals surface area contributed by atoms with E-state index in [2.05, 4.69) is 25.1 Å². The monoisotopic (exact) mass is 180 g/mol. The zero-order chi connectivity index (χ0) is 9.64. The third kappa shape index (κ3) is 0.992. The number of fused-ring (bicyclic) bond motifs is 1. The summed E-state index contributed by atoms with van der Waals surface area (Å²) in [6, 6.07) is 0. The maximum atomic E-state index is 8.61. The second-order valence-electron chi connectivity index (χ2n) is 4.69. The van der Waals surface area contributed by atoms with Crippen LogP contribution < -0.4 is 5.73 Å². The van der Waals surface area contributed by atoms with Crippen molar-refractivity contribution in [2.75, 3.05) is 0 Å². The number of nitrogens with zero attached hydrogens (tertiary/aromatic N) is 1. The fraction of sp³-hybridized carbons (Fsp3) is 0.700. The van der Waals surface area contributed by atoms with Crippen LogP contribution in [0.1, 0.15) is 26.7 Å². The molecule has 0 radical (unpaired) electrons. The molecule has 3 nitrogen and oxygen atoms in total. The molecule has 1 fully saturated rings. The van der Waals surface area contributed by atoms with Gasteiger partial charge in [-0.2, -0.15) is 0 Å². The Morgan fingerprint density at radius 2 is 2.38 bits per heavy atom. The average molecular weight is 180 g/mol. The number of oxime groups is 1. The van der Waals surface area contributed by atoms with Gasteiger partial charge in [-0.3, -0.25) is 0 Å². The first-order chi connectivity index (χ1) is 6.07. The third-order valence-corrected chi connectivity index (χ3v) is 3.87. The highest BCUT2D eigenvalue weighted by molar-refractivity contribution is 5.97. The van der Waals surface area contributed by atoms with Crippen LogP contribution in [0.25, 0.3) is 0 Å². The normalized spacial score (nSPS) is 36.5. The molecule has 3 rings (SSSR count). The van der Waals surface area contributed by atoms with Gasteiger partial charge in [0.2, 0.25) is 0 Å². The molecule has 2 atom stereocenters. The molecule has 0 amide bonds. The zero-order valence-corrected chi connectivity index (χ0v) is 8.12. The van der Waals surface area contributed by atoms with Crippen molar-refractivity contribution in [3.63, 3.8) is 0 Å². The number of amidine groups is 1. The molecule has 72 valence electrons. The van der Waals surface area contributed by atoms with Crippen molar-refractivity contribution in [2.24, 2.45) is 28.1 Å². The minimum absolute atomic E-state index is 0.302. The van der Waals surface area contributed by atoms with Gasteiger partial charge in [-0.05, 0) is 35.7 Å². The fourth-order valence-electron chi connectivity index (χ4n) is 2.70. The van der Waals surface area contributed by atoms with Crippen LogP contribution in [0.2, 0.25) is 0 Å². The molecule has 13 heavy (non-hydrogen) atoms. The van der Waals surface area contributed by atoms with Gasteiger partial charge in [0.25, 0.3) is 0 Å². The highest BCUT2D eigenvalue weighted by Gasteiger charge is 2.51. The van der Waals surface area contributed by atoms with Crippen molar-refractivity contribution in [3.05, 3.63) is 11.6 Å². The van der Waals surface area contributed by atoms with Gasteiger partial charge in [0.15, 0.2) is 5.84 Å². The Labute approximate surface area is 78.3 Å². The summed E-state index contributed by atoms with van der Waals surface area (Å²) in [6.07, 6.45) is 4.41. The molecule has 3 aliphatic carbocycles. The van der Waals surface area contributed by atoms with Crippen LogP contribution in [0.4, 0.5) is 0 Å². The SMILES string of the molecule is CC1(C)[C@H]2CC=C(/C(N)=N/O)[C@@H]1C2. The second-order valence-corrected chi connectivity index (χ2v) is 4.69. The first kappa shape index (κ1) is 8.60. The Bertz CT molecular complexity index is 291. The van der Waals surface area contributed by atoms with Gasteiger partial charge in [0.1, 0.15) is 0 Å². The molecule has 3 N–H and O–H groups in total. The summed E-state index contributed by atoms with van der Waals surface area (Å²) in [5, 5.41) is 11.7. The molecular weight excluding hydrogens is 164 g/mol. The van der Waals surface area contributed by atoms with Crippen LogP contribution in [-0.4, -0.2) is 11.0 Å². The summed E-state index contributed by atoms with van der Waals surface area (Å²) in [4.78, 5) is 0. The molecule has 0 aliphatic heterocycles. The van der Waals surface area contributed by atoms with E-state index in [4.69, 9.17) is 10.9 Å². The Morgan fingerprint density at radius 1 is 1.69 bits per heavy atom. The topological polar surface area (TPSA) is 58.6 Å². The Balaban J connectivity index is 2.28. The number of hydrogen-bond acceptors (Lipinski definition) is 2. The predicted octanol–water partition coefficient (Wildman–Crippen LogP) is 1.73. The number of hydrogen-bond donors (Lipinski definition) is 2. The van der Waals surface area contributed by atoms with E-state index in [1.54, 1.807) is 0 Å². The molecule has 0 aromatic carbocycles. The van der Waals surface area contributed by atoms with Crippen LogP contribution in [0.3, 0.4) is 0 Å². The summed E-state index contributed by atoms with van der Waals surface area (Å²) in [7, 11) is 0. The molecule has 3 heteroatoms. The van der Waals surface area contributed by atoms with Crippen LogP contribution in [0.5, 0.6) is 0 Å². The molecule has 2 bridgehead atoms. The smallest absolute Gasteiger partial charge is 0.165 e. The molecule has 0 spiro atoms. The van der Waals surface area contributed by atoms with Crippen molar-refractivity contribution in [2.45, 2.75) is 26.7 Å². The van der Waals surface area contributed by atoms with Crippen molar-refractivity contribution in [3.8, 4) is 0 Å². The van der Waals surface area contributed by atoms with Crippen LogP contribution >= 0.6 is 0 Å². The fourth-order valence-corrected chi connectivity index (χ4v) is 2.70. The van der Waals surface area contributed by atoms with Crippen LogP contribution in [0, 0.1) is 17.3 Å². The van der Waals surface area contributed by atoms with Crippen molar-refractivity contribution >= 4 is 5.84 Å². The van der Waals surface area contributed by atoms with E-state index in [0.717, 1.165) is 17.9 Å². The maximum Gasteiger partial charge on any atom is 0.165 e. The first-order valence-corrected chi connectivity index (χ1v) is 4.75. The third-order valence-electron chi connectivity index (χ3n) is 3.87. The highest BCUT2D eigenvalue weighted by Crippen LogP contribution is 2.59. The minimum Gasteiger partial charge on any atom is -0.409 e. The van der Waals surface area contributed by atoms with E-state index in [9.17, 15) is 0 Å². The van der Waals surface area contributed by atoms with Gasteiger partial charge >= 0.3 is 0 Å². The standard InChI is InChI=1S/C10H16N2O/c1-10(2)6-3-4-7(8(10)5-6)9(11)12-13/h4,6,8,13H,3,5H2,1-2H3,(H2,11,12)/t6-,8-/m0/s1. The Kier molecular flexibility index (Phi) is 1.65. The van der Waals surface area contributed by atoms with E-state index in [0.29, 0.717) is 17.2 Å². The molecule has 0 aromatic heterocycles. The van der Waals surface area contributed by atoms with E-state index < -0.39 is 0 Å². The zero-order valence-electron chi connectivity index (χ0n) is 8.12. The van der Waals surface area contributed by atoms with E-state index in [-0.39, 0.29) is 0 Å². The molecule has 0 unspecified atom stereocenters. The van der Waals surface area contributed by atoms with E-state index >= 15 is 0 Å². The molecule has 3 aliphatic rings. The van der Waals surface area contributed by atoms with Gasteiger partial charge < -0.3 is 10.9 Å².